The summed E-state index contributed by atoms with van der Waals surface area (Å²) < 4.78 is 15.6. The molecule has 0 atom stereocenters. The summed E-state index contributed by atoms with van der Waals surface area (Å²) >= 11 is 5.74. The van der Waals surface area contributed by atoms with Gasteiger partial charge in [-0.3, -0.25) is 4.57 Å². The standard InChI is InChI=1S/C15H13ClFN3/c1-2-15-19-13-7-9(18)3-6-14(13)20(15)10-4-5-11(16)12(17)8-10/h3-8H,2,18H2,1H3. The summed E-state index contributed by atoms with van der Waals surface area (Å²) in [5, 5.41) is 0.112. The molecule has 0 aliphatic rings. The van der Waals surface area contributed by atoms with E-state index in [1.807, 2.05) is 29.7 Å². The van der Waals surface area contributed by atoms with Crippen molar-refractivity contribution in [1.82, 2.24) is 9.55 Å². The van der Waals surface area contributed by atoms with Crippen molar-refractivity contribution in [2.45, 2.75) is 13.3 Å². The first-order valence-corrected chi connectivity index (χ1v) is 6.70. The van der Waals surface area contributed by atoms with Crippen LogP contribution in [0, 0.1) is 5.82 Å². The second kappa shape index (κ2) is 4.80. The van der Waals surface area contributed by atoms with Crippen LogP contribution in [0.4, 0.5) is 10.1 Å². The summed E-state index contributed by atoms with van der Waals surface area (Å²) in [4.78, 5) is 4.55. The van der Waals surface area contributed by atoms with Crippen molar-refractivity contribution in [1.29, 1.82) is 0 Å². The SMILES string of the molecule is CCc1nc2cc(N)ccc2n1-c1ccc(Cl)c(F)c1. The highest BCUT2D eigenvalue weighted by Gasteiger charge is 2.12. The number of halogens is 2. The van der Waals surface area contributed by atoms with Gasteiger partial charge in [0.25, 0.3) is 0 Å². The van der Waals surface area contributed by atoms with Crippen LogP contribution in [0.25, 0.3) is 16.7 Å². The lowest BCUT2D eigenvalue weighted by Crippen LogP contribution is -2.00. The highest BCUT2D eigenvalue weighted by Crippen LogP contribution is 2.26. The molecule has 0 bridgehead atoms. The van der Waals surface area contributed by atoms with E-state index in [0.29, 0.717) is 11.4 Å². The quantitative estimate of drug-likeness (QED) is 0.726. The molecule has 0 amide bonds. The first-order valence-electron chi connectivity index (χ1n) is 6.32. The summed E-state index contributed by atoms with van der Waals surface area (Å²) in [5.74, 6) is 0.413. The average molecular weight is 290 g/mol. The minimum absolute atomic E-state index is 0.112. The molecule has 0 saturated heterocycles. The first-order chi connectivity index (χ1) is 9.60. The Hall–Kier alpha value is -2.07. The lowest BCUT2D eigenvalue weighted by molar-refractivity contribution is 0.627. The van der Waals surface area contributed by atoms with Gasteiger partial charge >= 0.3 is 0 Å². The maximum absolute atomic E-state index is 13.7. The Balaban J connectivity index is 2.30. The average Bonchev–Trinajstić information content (AvgIpc) is 2.79. The van der Waals surface area contributed by atoms with Crippen molar-refractivity contribution < 1.29 is 4.39 Å². The molecule has 0 aliphatic carbocycles. The van der Waals surface area contributed by atoms with E-state index in [1.165, 1.54) is 6.07 Å². The summed E-state index contributed by atoms with van der Waals surface area (Å²) in [6.45, 7) is 2.01. The summed E-state index contributed by atoms with van der Waals surface area (Å²) in [5.41, 5.74) is 8.85. The summed E-state index contributed by atoms with van der Waals surface area (Å²) in [7, 11) is 0. The van der Waals surface area contributed by atoms with E-state index in [0.717, 1.165) is 23.3 Å². The second-order valence-electron chi connectivity index (χ2n) is 4.56. The summed E-state index contributed by atoms with van der Waals surface area (Å²) in [6.07, 6.45) is 0.735. The van der Waals surface area contributed by atoms with Crippen molar-refractivity contribution in [3.63, 3.8) is 0 Å². The van der Waals surface area contributed by atoms with E-state index >= 15 is 0 Å². The molecule has 1 heterocycles. The molecule has 0 saturated carbocycles. The van der Waals surface area contributed by atoms with Gasteiger partial charge in [0, 0.05) is 12.1 Å². The highest BCUT2D eigenvalue weighted by molar-refractivity contribution is 6.30. The van der Waals surface area contributed by atoms with Crippen LogP contribution < -0.4 is 5.73 Å². The van der Waals surface area contributed by atoms with Gasteiger partial charge in [0.2, 0.25) is 0 Å². The van der Waals surface area contributed by atoms with Gasteiger partial charge in [0.05, 0.1) is 21.7 Å². The zero-order chi connectivity index (χ0) is 14.3. The second-order valence-corrected chi connectivity index (χ2v) is 4.97. The molecule has 0 aliphatic heterocycles. The molecule has 20 heavy (non-hydrogen) atoms. The number of fused-ring (bicyclic) bond motifs is 1. The largest absolute Gasteiger partial charge is 0.399 e. The van der Waals surface area contributed by atoms with Crippen LogP contribution in [0.2, 0.25) is 5.02 Å². The number of aromatic nitrogens is 2. The Morgan fingerprint density at radius 1 is 1.25 bits per heavy atom. The van der Waals surface area contributed by atoms with Crippen LogP contribution >= 0.6 is 11.6 Å². The molecular formula is C15H13ClFN3. The van der Waals surface area contributed by atoms with E-state index in [1.54, 1.807) is 12.1 Å². The van der Waals surface area contributed by atoms with E-state index in [-0.39, 0.29) is 5.02 Å². The van der Waals surface area contributed by atoms with E-state index < -0.39 is 5.82 Å². The molecule has 0 unspecified atom stereocenters. The molecule has 3 aromatic rings. The number of hydrogen-bond acceptors (Lipinski definition) is 2. The third kappa shape index (κ3) is 2.02. The number of anilines is 1. The van der Waals surface area contributed by atoms with Crippen molar-refractivity contribution >= 4 is 28.3 Å². The van der Waals surface area contributed by atoms with Gasteiger partial charge in [0.1, 0.15) is 11.6 Å². The Kier molecular flexibility index (Phi) is 3.10. The highest BCUT2D eigenvalue weighted by atomic mass is 35.5. The number of nitrogens with zero attached hydrogens (tertiary/aromatic N) is 2. The predicted octanol–water partition coefficient (Wildman–Crippen LogP) is 3.96. The smallest absolute Gasteiger partial charge is 0.143 e. The van der Waals surface area contributed by atoms with E-state index in [4.69, 9.17) is 17.3 Å². The number of rotatable bonds is 2. The fourth-order valence-corrected chi connectivity index (χ4v) is 2.41. The molecule has 3 nitrogen and oxygen atoms in total. The van der Waals surface area contributed by atoms with Crippen LogP contribution in [0.3, 0.4) is 0 Å². The normalized spacial score (nSPS) is 11.2. The maximum Gasteiger partial charge on any atom is 0.143 e. The van der Waals surface area contributed by atoms with Crippen molar-refractivity contribution in [2.24, 2.45) is 0 Å². The number of hydrogen-bond donors (Lipinski definition) is 1. The molecule has 3 rings (SSSR count). The zero-order valence-electron chi connectivity index (χ0n) is 10.9. The Morgan fingerprint density at radius 3 is 2.75 bits per heavy atom. The van der Waals surface area contributed by atoms with Crippen LogP contribution in [-0.4, -0.2) is 9.55 Å². The Labute approximate surface area is 120 Å². The van der Waals surface area contributed by atoms with Crippen LogP contribution in [0.15, 0.2) is 36.4 Å². The van der Waals surface area contributed by atoms with Gasteiger partial charge in [-0.05, 0) is 36.4 Å². The molecular weight excluding hydrogens is 277 g/mol. The van der Waals surface area contributed by atoms with Gasteiger partial charge in [0.15, 0.2) is 0 Å². The Morgan fingerprint density at radius 2 is 2.05 bits per heavy atom. The van der Waals surface area contributed by atoms with Gasteiger partial charge in [-0.1, -0.05) is 18.5 Å². The number of nitrogens with two attached hydrogens (primary N) is 1. The van der Waals surface area contributed by atoms with Gasteiger partial charge in [-0.2, -0.15) is 0 Å². The first kappa shape index (κ1) is 12.9. The number of imidazole rings is 1. The Bertz CT molecular complexity index is 795. The molecule has 2 N–H and O–H groups in total. The molecule has 0 spiro atoms. The molecule has 102 valence electrons. The monoisotopic (exact) mass is 289 g/mol. The van der Waals surface area contributed by atoms with Crippen LogP contribution in [0.5, 0.6) is 0 Å². The van der Waals surface area contributed by atoms with Gasteiger partial charge < -0.3 is 5.73 Å². The third-order valence-electron chi connectivity index (χ3n) is 3.23. The minimum Gasteiger partial charge on any atom is -0.399 e. The minimum atomic E-state index is -0.441. The lowest BCUT2D eigenvalue weighted by Gasteiger charge is -2.09. The van der Waals surface area contributed by atoms with Crippen molar-refractivity contribution in [2.75, 3.05) is 5.73 Å². The number of nitrogen functional groups attached to an aromatic ring is 1. The number of benzene rings is 2. The lowest BCUT2D eigenvalue weighted by atomic mass is 10.2. The van der Waals surface area contributed by atoms with Crippen LogP contribution in [0.1, 0.15) is 12.7 Å². The molecule has 5 heteroatoms. The predicted molar refractivity (Wildman–Crippen MR) is 79.8 cm³/mol. The van der Waals surface area contributed by atoms with Gasteiger partial charge in [-0.25, -0.2) is 9.37 Å². The van der Waals surface area contributed by atoms with Crippen molar-refractivity contribution in [3.05, 3.63) is 53.1 Å². The van der Waals surface area contributed by atoms with Gasteiger partial charge in [-0.15, -0.1) is 0 Å². The molecule has 1 aromatic heterocycles. The third-order valence-corrected chi connectivity index (χ3v) is 3.53. The topological polar surface area (TPSA) is 43.8 Å². The fourth-order valence-electron chi connectivity index (χ4n) is 2.30. The molecule has 0 fully saturated rings. The summed E-state index contributed by atoms with van der Waals surface area (Å²) in [6, 6.07) is 10.3. The number of aryl methyl sites for hydroxylation is 1. The van der Waals surface area contributed by atoms with Crippen LogP contribution in [-0.2, 0) is 6.42 Å². The molecule has 0 radical (unpaired) electrons. The fraction of sp³-hybridized carbons (Fsp3) is 0.133. The van der Waals surface area contributed by atoms with Crippen molar-refractivity contribution in [3.8, 4) is 5.69 Å². The zero-order valence-corrected chi connectivity index (χ0v) is 11.7. The maximum atomic E-state index is 13.7. The molecule has 2 aromatic carbocycles. The van der Waals surface area contributed by atoms with E-state index in [2.05, 4.69) is 4.98 Å². The van der Waals surface area contributed by atoms with E-state index in [9.17, 15) is 4.39 Å².